The molecular formula is C11H14Cl2N4O. The van der Waals surface area contributed by atoms with Crippen LogP contribution in [-0.4, -0.2) is 48.5 Å². The summed E-state index contributed by atoms with van der Waals surface area (Å²) >= 11 is 11.9. The number of aromatic nitrogens is 1. The number of carbonyl (C=O) groups excluding carboxylic acids is 1. The SMILES string of the molecule is NCC(=O)N1CCN(c2ncc(Cl)cc2Cl)CC1. The monoisotopic (exact) mass is 288 g/mol. The first kappa shape index (κ1) is 13.4. The van der Waals surface area contributed by atoms with Gasteiger partial charge in [0.15, 0.2) is 0 Å². The molecule has 2 N–H and O–H groups in total. The van der Waals surface area contributed by atoms with Crippen LogP contribution in [0.3, 0.4) is 0 Å². The number of hydrogen-bond acceptors (Lipinski definition) is 4. The molecule has 0 bridgehead atoms. The topological polar surface area (TPSA) is 62.5 Å². The molecule has 7 heteroatoms. The van der Waals surface area contributed by atoms with Gasteiger partial charge in [-0.25, -0.2) is 4.98 Å². The van der Waals surface area contributed by atoms with Gasteiger partial charge in [0.25, 0.3) is 0 Å². The van der Waals surface area contributed by atoms with Gasteiger partial charge in [0.05, 0.1) is 16.6 Å². The van der Waals surface area contributed by atoms with Gasteiger partial charge in [-0.15, -0.1) is 0 Å². The predicted molar refractivity (Wildman–Crippen MR) is 72.1 cm³/mol. The van der Waals surface area contributed by atoms with E-state index in [2.05, 4.69) is 4.98 Å². The number of carbonyl (C=O) groups is 1. The molecular weight excluding hydrogens is 275 g/mol. The van der Waals surface area contributed by atoms with Crippen molar-refractivity contribution >= 4 is 34.9 Å². The molecule has 0 atom stereocenters. The molecule has 1 saturated heterocycles. The van der Waals surface area contributed by atoms with Crippen molar-refractivity contribution in [3.8, 4) is 0 Å². The molecule has 0 radical (unpaired) electrons. The van der Waals surface area contributed by atoms with Crippen molar-refractivity contribution in [3.63, 3.8) is 0 Å². The van der Waals surface area contributed by atoms with E-state index in [0.29, 0.717) is 42.0 Å². The first-order valence-electron chi connectivity index (χ1n) is 5.65. The van der Waals surface area contributed by atoms with Crippen LogP contribution in [-0.2, 0) is 4.79 Å². The van der Waals surface area contributed by atoms with Crippen LogP contribution < -0.4 is 10.6 Å². The first-order chi connectivity index (χ1) is 8.61. The van der Waals surface area contributed by atoms with E-state index in [9.17, 15) is 4.79 Å². The van der Waals surface area contributed by atoms with Crippen LogP contribution in [0.4, 0.5) is 5.82 Å². The number of anilines is 1. The Morgan fingerprint density at radius 1 is 1.33 bits per heavy atom. The van der Waals surface area contributed by atoms with Crippen molar-refractivity contribution in [2.45, 2.75) is 0 Å². The molecule has 98 valence electrons. The highest BCUT2D eigenvalue weighted by Crippen LogP contribution is 2.26. The number of halogens is 2. The van der Waals surface area contributed by atoms with Gasteiger partial charge in [-0.1, -0.05) is 23.2 Å². The number of piperazine rings is 1. The van der Waals surface area contributed by atoms with Gasteiger partial charge in [-0.05, 0) is 6.07 Å². The van der Waals surface area contributed by atoms with Crippen LogP contribution in [0.1, 0.15) is 0 Å². The van der Waals surface area contributed by atoms with Crippen LogP contribution in [0.15, 0.2) is 12.3 Å². The van der Waals surface area contributed by atoms with Crippen molar-refractivity contribution in [2.75, 3.05) is 37.6 Å². The fraction of sp³-hybridized carbons (Fsp3) is 0.455. The average molecular weight is 289 g/mol. The zero-order valence-electron chi connectivity index (χ0n) is 9.77. The van der Waals surface area contributed by atoms with E-state index in [-0.39, 0.29) is 12.5 Å². The van der Waals surface area contributed by atoms with Crippen molar-refractivity contribution in [3.05, 3.63) is 22.3 Å². The smallest absolute Gasteiger partial charge is 0.236 e. The highest BCUT2D eigenvalue weighted by Gasteiger charge is 2.22. The molecule has 18 heavy (non-hydrogen) atoms. The maximum Gasteiger partial charge on any atom is 0.236 e. The standard InChI is InChI=1S/C11H14Cl2N4O/c12-8-5-9(13)11(15-7-8)17-3-1-16(2-4-17)10(18)6-14/h5,7H,1-4,6,14H2. The number of pyridine rings is 1. The molecule has 0 unspecified atom stereocenters. The van der Waals surface area contributed by atoms with Crippen LogP contribution in [0.5, 0.6) is 0 Å². The van der Waals surface area contributed by atoms with Crippen molar-refractivity contribution in [1.82, 2.24) is 9.88 Å². The third-order valence-corrected chi connectivity index (χ3v) is 3.38. The largest absolute Gasteiger partial charge is 0.352 e. The summed E-state index contributed by atoms with van der Waals surface area (Å²) in [6.07, 6.45) is 1.57. The maximum absolute atomic E-state index is 11.4. The molecule has 0 saturated carbocycles. The molecule has 0 spiro atoms. The zero-order valence-corrected chi connectivity index (χ0v) is 11.3. The summed E-state index contributed by atoms with van der Waals surface area (Å²) in [5, 5.41) is 1.04. The van der Waals surface area contributed by atoms with Crippen molar-refractivity contribution < 1.29 is 4.79 Å². The molecule has 0 aliphatic carbocycles. The minimum atomic E-state index is -0.0233. The third kappa shape index (κ3) is 2.85. The van der Waals surface area contributed by atoms with Crippen molar-refractivity contribution in [2.24, 2.45) is 5.73 Å². The summed E-state index contributed by atoms with van der Waals surface area (Å²) < 4.78 is 0. The van der Waals surface area contributed by atoms with Crippen LogP contribution in [0, 0.1) is 0 Å². The van der Waals surface area contributed by atoms with Gasteiger partial charge < -0.3 is 15.5 Å². The third-order valence-electron chi connectivity index (χ3n) is 2.89. The van der Waals surface area contributed by atoms with E-state index in [1.165, 1.54) is 0 Å². The van der Waals surface area contributed by atoms with Crippen LogP contribution in [0.25, 0.3) is 0 Å². The number of nitrogens with two attached hydrogens (primary N) is 1. The van der Waals surface area contributed by atoms with E-state index in [1.807, 2.05) is 4.90 Å². The minimum absolute atomic E-state index is 0.0233. The van der Waals surface area contributed by atoms with E-state index >= 15 is 0 Å². The Hall–Kier alpha value is -1.04. The Bertz CT molecular complexity index is 447. The fourth-order valence-electron chi connectivity index (χ4n) is 1.94. The zero-order chi connectivity index (χ0) is 13.1. The molecule has 1 aromatic heterocycles. The van der Waals surface area contributed by atoms with Crippen LogP contribution in [0.2, 0.25) is 10.0 Å². The minimum Gasteiger partial charge on any atom is -0.352 e. The second-order valence-electron chi connectivity index (χ2n) is 4.03. The van der Waals surface area contributed by atoms with E-state index in [1.54, 1.807) is 17.2 Å². The summed E-state index contributed by atoms with van der Waals surface area (Å²) in [4.78, 5) is 19.5. The number of nitrogens with zero attached hydrogens (tertiary/aromatic N) is 3. The molecule has 5 nitrogen and oxygen atoms in total. The first-order valence-corrected chi connectivity index (χ1v) is 6.41. The molecule has 1 aliphatic rings. The van der Waals surface area contributed by atoms with Crippen molar-refractivity contribution in [1.29, 1.82) is 0 Å². The summed E-state index contributed by atoms with van der Waals surface area (Å²) in [5.41, 5.74) is 5.34. The number of rotatable bonds is 2. The van der Waals surface area contributed by atoms with Gasteiger partial charge in [0, 0.05) is 32.4 Å². The molecule has 0 aromatic carbocycles. The molecule has 1 aromatic rings. The molecule has 2 rings (SSSR count). The van der Waals surface area contributed by atoms with E-state index in [0.717, 1.165) is 0 Å². The highest BCUT2D eigenvalue weighted by molar-refractivity contribution is 6.36. The lowest BCUT2D eigenvalue weighted by Gasteiger charge is -2.35. The highest BCUT2D eigenvalue weighted by atomic mass is 35.5. The second kappa shape index (κ2) is 5.73. The van der Waals surface area contributed by atoms with E-state index < -0.39 is 0 Å². The molecule has 1 amide bonds. The molecule has 1 fully saturated rings. The Morgan fingerprint density at radius 3 is 2.56 bits per heavy atom. The maximum atomic E-state index is 11.4. The van der Waals surface area contributed by atoms with Gasteiger partial charge in [0.2, 0.25) is 5.91 Å². The fourth-order valence-corrected chi connectivity index (χ4v) is 2.44. The summed E-state index contributed by atoms with van der Waals surface area (Å²) in [6.45, 7) is 2.72. The molecule has 2 heterocycles. The Kier molecular flexibility index (Phi) is 4.27. The van der Waals surface area contributed by atoms with Gasteiger partial charge in [-0.3, -0.25) is 4.79 Å². The average Bonchev–Trinajstić information content (AvgIpc) is 2.38. The van der Waals surface area contributed by atoms with Gasteiger partial charge in [0.1, 0.15) is 5.82 Å². The number of hydrogen-bond donors (Lipinski definition) is 1. The summed E-state index contributed by atoms with van der Waals surface area (Å²) in [6, 6.07) is 1.67. The van der Waals surface area contributed by atoms with Gasteiger partial charge in [-0.2, -0.15) is 0 Å². The number of amides is 1. The Morgan fingerprint density at radius 2 is 2.00 bits per heavy atom. The quantitative estimate of drug-likeness (QED) is 0.882. The molecule has 1 aliphatic heterocycles. The normalized spacial score (nSPS) is 15.9. The lowest BCUT2D eigenvalue weighted by atomic mass is 10.3. The van der Waals surface area contributed by atoms with Crippen LogP contribution >= 0.6 is 23.2 Å². The lowest BCUT2D eigenvalue weighted by molar-refractivity contribution is -0.129. The lowest BCUT2D eigenvalue weighted by Crippen LogP contribution is -2.50. The Labute approximate surface area is 115 Å². The Balaban J connectivity index is 2.03. The van der Waals surface area contributed by atoms with Gasteiger partial charge >= 0.3 is 0 Å². The summed E-state index contributed by atoms with van der Waals surface area (Å²) in [7, 11) is 0. The second-order valence-corrected chi connectivity index (χ2v) is 4.87. The predicted octanol–water partition coefficient (Wildman–Crippen LogP) is 0.996. The summed E-state index contributed by atoms with van der Waals surface area (Å²) in [5.74, 6) is 0.686. The van der Waals surface area contributed by atoms with E-state index in [4.69, 9.17) is 28.9 Å².